The van der Waals surface area contributed by atoms with Gasteiger partial charge in [-0.2, -0.15) is 13.2 Å². The first-order chi connectivity index (χ1) is 14.8. The van der Waals surface area contributed by atoms with Crippen LogP contribution in [0.5, 0.6) is 5.75 Å². The summed E-state index contributed by atoms with van der Waals surface area (Å²) in [6.07, 6.45) is -1.70. The molecule has 1 aliphatic carbocycles. The molecule has 1 aliphatic rings. The molecule has 2 aromatic rings. The summed E-state index contributed by atoms with van der Waals surface area (Å²) >= 11 is 0. The number of esters is 1. The lowest BCUT2D eigenvalue weighted by molar-refractivity contribution is -0.137. The monoisotopic (exact) mass is 437 g/mol. The molecule has 166 valence electrons. The highest BCUT2D eigenvalue weighted by Gasteiger charge is 2.31. The van der Waals surface area contributed by atoms with E-state index in [4.69, 9.17) is 14.2 Å². The third-order valence-electron chi connectivity index (χ3n) is 4.79. The van der Waals surface area contributed by atoms with Gasteiger partial charge in [-0.1, -0.05) is 6.07 Å². The Morgan fingerprint density at radius 3 is 2.55 bits per heavy atom. The van der Waals surface area contributed by atoms with Crippen molar-refractivity contribution >= 4 is 17.6 Å². The molecule has 0 bridgehead atoms. The van der Waals surface area contributed by atoms with Crippen molar-refractivity contribution in [2.24, 2.45) is 0 Å². The molecule has 0 radical (unpaired) electrons. The zero-order valence-electron chi connectivity index (χ0n) is 16.9. The fourth-order valence-corrected chi connectivity index (χ4v) is 3.26. The first-order valence-electron chi connectivity index (χ1n) is 9.69. The number of hydrogen-bond donors (Lipinski definition) is 1. The summed E-state index contributed by atoms with van der Waals surface area (Å²) in [7, 11) is 1.45. The van der Waals surface area contributed by atoms with Crippen LogP contribution in [0, 0.1) is 0 Å². The molecule has 0 spiro atoms. The number of ether oxygens (including phenoxy) is 3. The average Bonchev–Trinajstić information content (AvgIpc) is 3.20. The average molecular weight is 437 g/mol. The van der Waals surface area contributed by atoms with Gasteiger partial charge in [0.1, 0.15) is 12.4 Å². The predicted molar refractivity (Wildman–Crippen MR) is 106 cm³/mol. The number of hydrogen-bond acceptors (Lipinski definition) is 5. The number of alkyl halides is 3. The van der Waals surface area contributed by atoms with Gasteiger partial charge in [0.2, 0.25) is 0 Å². The largest absolute Gasteiger partial charge is 0.489 e. The minimum atomic E-state index is -4.59. The SMILES string of the molecule is COCCOc1ccc(C(F)(F)F)cc1NC(=O)COC(=O)c1ccc2c(c1)CCC2. The molecule has 31 heavy (non-hydrogen) atoms. The number of nitrogens with one attached hydrogen (secondary N) is 1. The molecule has 1 N–H and O–H groups in total. The lowest BCUT2D eigenvalue weighted by atomic mass is 10.1. The molecule has 0 fully saturated rings. The molecule has 0 atom stereocenters. The molecule has 0 aliphatic heterocycles. The van der Waals surface area contributed by atoms with Crippen LogP contribution in [0.1, 0.15) is 33.5 Å². The van der Waals surface area contributed by atoms with Crippen molar-refractivity contribution in [2.75, 3.05) is 32.2 Å². The van der Waals surface area contributed by atoms with Crippen LogP contribution < -0.4 is 10.1 Å². The van der Waals surface area contributed by atoms with Crippen molar-refractivity contribution in [3.63, 3.8) is 0 Å². The Bertz CT molecular complexity index is 959. The topological polar surface area (TPSA) is 73.9 Å². The number of carbonyl (C=O) groups is 2. The Morgan fingerprint density at radius 1 is 1.03 bits per heavy atom. The molecule has 6 nitrogen and oxygen atoms in total. The Labute approximate surface area is 177 Å². The Morgan fingerprint density at radius 2 is 1.81 bits per heavy atom. The third kappa shape index (κ3) is 5.97. The summed E-state index contributed by atoms with van der Waals surface area (Å²) in [5, 5.41) is 2.32. The maximum Gasteiger partial charge on any atom is 0.416 e. The second kappa shape index (κ2) is 9.82. The molecule has 3 rings (SSSR count). The van der Waals surface area contributed by atoms with E-state index in [1.807, 2.05) is 6.07 Å². The standard InChI is InChI=1S/C22H22F3NO5/c1-29-9-10-30-19-8-7-17(22(23,24)25)12-18(19)26-20(27)13-31-21(28)16-6-5-14-3-2-4-15(14)11-16/h5-8,11-12H,2-4,9-10,13H2,1H3,(H,26,27). The Hall–Kier alpha value is -3.07. The first-order valence-corrected chi connectivity index (χ1v) is 9.69. The third-order valence-corrected chi connectivity index (χ3v) is 4.79. The highest BCUT2D eigenvalue weighted by molar-refractivity contribution is 5.96. The minimum Gasteiger partial charge on any atom is -0.489 e. The van der Waals surface area contributed by atoms with Gasteiger partial charge in [-0.3, -0.25) is 4.79 Å². The van der Waals surface area contributed by atoms with Crippen LogP contribution in [0.15, 0.2) is 36.4 Å². The molecular formula is C22H22F3NO5. The van der Waals surface area contributed by atoms with E-state index in [1.165, 1.54) is 12.7 Å². The molecule has 2 aromatic carbocycles. The van der Waals surface area contributed by atoms with E-state index in [9.17, 15) is 22.8 Å². The van der Waals surface area contributed by atoms with Crippen LogP contribution in [0.2, 0.25) is 0 Å². The molecule has 0 saturated carbocycles. The van der Waals surface area contributed by atoms with Crippen molar-refractivity contribution in [3.05, 3.63) is 58.7 Å². The number of halogens is 3. The molecular weight excluding hydrogens is 415 g/mol. The minimum absolute atomic E-state index is 0.0448. The second-order valence-electron chi connectivity index (χ2n) is 7.01. The number of fused-ring (bicyclic) bond motifs is 1. The summed E-state index contributed by atoms with van der Waals surface area (Å²) in [4.78, 5) is 24.5. The summed E-state index contributed by atoms with van der Waals surface area (Å²) < 4.78 is 54.4. The number of amides is 1. The van der Waals surface area contributed by atoms with Gasteiger partial charge in [0.15, 0.2) is 6.61 Å². The smallest absolute Gasteiger partial charge is 0.416 e. The van der Waals surface area contributed by atoms with Crippen LogP contribution in [0.3, 0.4) is 0 Å². The van der Waals surface area contributed by atoms with Crippen molar-refractivity contribution in [1.82, 2.24) is 0 Å². The van der Waals surface area contributed by atoms with E-state index >= 15 is 0 Å². The maximum atomic E-state index is 13.0. The van der Waals surface area contributed by atoms with Gasteiger partial charge in [0.05, 0.1) is 23.4 Å². The molecule has 0 saturated heterocycles. The van der Waals surface area contributed by atoms with Gasteiger partial charge in [0.25, 0.3) is 5.91 Å². The normalized spacial score (nSPS) is 12.9. The lowest BCUT2D eigenvalue weighted by Gasteiger charge is -2.15. The van der Waals surface area contributed by atoms with Gasteiger partial charge >= 0.3 is 12.1 Å². The van der Waals surface area contributed by atoms with Crippen LogP contribution in [-0.2, 0) is 33.3 Å². The fourth-order valence-electron chi connectivity index (χ4n) is 3.26. The fraction of sp³-hybridized carbons (Fsp3) is 0.364. The number of rotatable bonds is 8. The van der Waals surface area contributed by atoms with Crippen LogP contribution in [0.25, 0.3) is 0 Å². The van der Waals surface area contributed by atoms with E-state index in [2.05, 4.69) is 5.32 Å². The van der Waals surface area contributed by atoms with E-state index in [0.717, 1.165) is 43.0 Å². The van der Waals surface area contributed by atoms with Crippen molar-refractivity contribution in [1.29, 1.82) is 0 Å². The van der Waals surface area contributed by atoms with Gasteiger partial charge in [-0.15, -0.1) is 0 Å². The molecule has 0 heterocycles. The predicted octanol–water partition coefficient (Wildman–Crippen LogP) is 4.01. The number of methoxy groups -OCH3 is 1. The van der Waals surface area contributed by atoms with Crippen molar-refractivity contribution in [3.8, 4) is 5.75 Å². The first kappa shape index (κ1) is 22.6. The zero-order valence-corrected chi connectivity index (χ0v) is 16.9. The number of benzene rings is 2. The lowest BCUT2D eigenvalue weighted by Crippen LogP contribution is -2.22. The van der Waals surface area contributed by atoms with Gasteiger partial charge in [-0.25, -0.2) is 4.79 Å². The molecule has 9 heteroatoms. The summed E-state index contributed by atoms with van der Waals surface area (Å²) in [5.41, 5.74) is 1.48. The maximum absolute atomic E-state index is 13.0. The highest BCUT2D eigenvalue weighted by atomic mass is 19.4. The molecule has 0 unspecified atom stereocenters. The Kier molecular flexibility index (Phi) is 7.17. The van der Waals surface area contributed by atoms with E-state index < -0.39 is 30.2 Å². The van der Waals surface area contributed by atoms with Gasteiger partial charge < -0.3 is 19.5 Å². The van der Waals surface area contributed by atoms with E-state index in [1.54, 1.807) is 12.1 Å². The van der Waals surface area contributed by atoms with Crippen LogP contribution >= 0.6 is 0 Å². The Balaban J connectivity index is 1.64. The van der Waals surface area contributed by atoms with Crippen LogP contribution in [0.4, 0.5) is 18.9 Å². The quantitative estimate of drug-likeness (QED) is 0.499. The highest BCUT2D eigenvalue weighted by Crippen LogP contribution is 2.35. The zero-order chi connectivity index (χ0) is 22.4. The van der Waals surface area contributed by atoms with E-state index in [0.29, 0.717) is 5.56 Å². The summed E-state index contributed by atoms with van der Waals surface area (Å²) in [6, 6.07) is 7.99. The molecule has 1 amide bonds. The molecule has 0 aromatic heterocycles. The van der Waals surface area contributed by atoms with Crippen molar-refractivity contribution in [2.45, 2.75) is 25.4 Å². The van der Waals surface area contributed by atoms with Crippen molar-refractivity contribution < 1.29 is 37.0 Å². The summed E-state index contributed by atoms with van der Waals surface area (Å²) in [5.74, 6) is -1.42. The van der Waals surface area contributed by atoms with E-state index in [-0.39, 0.29) is 24.7 Å². The number of anilines is 1. The van der Waals surface area contributed by atoms with Crippen LogP contribution in [-0.4, -0.2) is 38.8 Å². The number of carbonyl (C=O) groups excluding carboxylic acids is 2. The van der Waals surface area contributed by atoms with Gasteiger partial charge in [0, 0.05) is 7.11 Å². The second-order valence-corrected chi connectivity index (χ2v) is 7.01. The van der Waals surface area contributed by atoms with Gasteiger partial charge in [-0.05, 0) is 60.7 Å². The number of aryl methyl sites for hydroxylation is 2. The summed E-state index contributed by atoms with van der Waals surface area (Å²) in [6.45, 7) is -0.353.